The van der Waals surface area contributed by atoms with Gasteiger partial charge in [0.05, 0.1) is 11.1 Å². The number of carbonyl (C=O) groups excluding carboxylic acids is 2. The van der Waals surface area contributed by atoms with Gasteiger partial charge in [-0.1, -0.05) is 36.0 Å². The van der Waals surface area contributed by atoms with E-state index in [4.69, 9.17) is 15.3 Å². The number of para-hydroxylation sites is 2. The zero-order valence-electron chi connectivity index (χ0n) is 15.7. The van der Waals surface area contributed by atoms with Crippen LogP contribution in [0.4, 0.5) is 0 Å². The van der Waals surface area contributed by atoms with Gasteiger partial charge in [-0.05, 0) is 24.3 Å². The van der Waals surface area contributed by atoms with E-state index < -0.39 is 6.10 Å². The molecule has 0 saturated carbocycles. The van der Waals surface area contributed by atoms with Gasteiger partial charge in [-0.2, -0.15) is 0 Å². The van der Waals surface area contributed by atoms with Crippen molar-refractivity contribution in [3.63, 3.8) is 0 Å². The molecule has 0 unspecified atom stereocenters. The topological polar surface area (TPSA) is 113 Å². The van der Waals surface area contributed by atoms with E-state index in [1.54, 1.807) is 24.3 Å². The van der Waals surface area contributed by atoms with Crippen LogP contribution in [0.1, 0.15) is 32.6 Å². The number of carbonyl (C=O) groups is 2. The first-order valence-corrected chi connectivity index (χ1v) is 10.3. The molecule has 0 spiro atoms. The van der Waals surface area contributed by atoms with Crippen molar-refractivity contribution < 1.29 is 19.1 Å². The molecule has 2 aromatic carbocycles. The van der Waals surface area contributed by atoms with Gasteiger partial charge in [-0.25, -0.2) is 4.68 Å². The minimum Gasteiger partial charge on any atom is -0.485 e. The second-order valence-corrected chi connectivity index (χ2v) is 7.79. The Kier molecular flexibility index (Phi) is 4.55. The van der Waals surface area contributed by atoms with Crippen molar-refractivity contribution in [2.75, 3.05) is 24.7 Å². The third kappa shape index (κ3) is 3.05. The Balaban J connectivity index is 1.23. The quantitative estimate of drug-likeness (QED) is 0.376. The van der Waals surface area contributed by atoms with Crippen molar-refractivity contribution in [3.05, 3.63) is 65.5 Å². The van der Waals surface area contributed by atoms with Gasteiger partial charge in [-0.15, -0.1) is 10.2 Å². The lowest BCUT2D eigenvalue weighted by Crippen LogP contribution is -2.32. The van der Waals surface area contributed by atoms with Gasteiger partial charge in [-0.3, -0.25) is 14.5 Å². The Morgan fingerprint density at radius 3 is 2.40 bits per heavy atom. The van der Waals surface area contributed by atoms with E-state index in [1.165, 1.54) is 21.3 Å². The SMILES string of the molecule is Nn1c(SCCN2C(=O)c3ccccc3C2=O)nnc1[C@@H]1COc2ccccc2O1. The normalized spacial score (nSPS) is 17.3. The largest absolute Gasteiger partial charge is 0.485 e. The molecular formula is C20H17N5O4S. The molecule has 3 heterocycles. The fourth-order valence-electron chi connectivity index (χ4n) is 3.42. The van der Waals surface area contributed by atoms with Crippen LogP contribution in [0.2, 0.25) is 0 Å². The zero-order chi connectivity index (χ0) is 20.7. The van der Waals surface area contributed by atoms with Crippen LogP contribution in [0, 0.1) is 0 Å². The number of thioether (sulfide) groups is 1. The van der Waals surface area contributed by atoms with Crippen LogP contribution in [0.15, 0.2) is 53.7 Å². The van der Waals surface area contributed by atoms with Crippen LogP contribution in [0.5, 0.6) is 11.5 Å². The van der Waals surface area contributed by atoms with E-state index in [1.807, 2.05) is 24.3 Å². The standard InChI is InChI=1S/C20H17N5O4S/c21-25-17(16-11-28-14-7-3-4-8-15(14)29-16)22-23-20(25)30-10-9-24-18(26)12-5-1-2-6-13(12)19(24)27/h1-8,16H,9-11,21H2/t16-/m0/s1. The van der Waals surface area contributed by atoms with Gasteiger partial charge in [0.25, 0.3) is 11.8 Å². The predicted octanol–water partition coefficient (Wildman–Crippen LogP) is 1.89. The molecule has 1 atom stereocenters. The van der Waals surface area contributed by atoms with E-state index in [0.717, 1.165) is 0 Å². The zero-order valence-corrected chi connectivity index (χ0v) is 16.5. The number of amides is 2. The molecule has 0 aliphatic carbocycles. The van der Waals surface area contributed by atoms with Crippen LogP contribution < -0.4 is 15.3 Å². The molecule has 0 bridgehead atoms. The molecule has 0 saturated heterocycles. The summed E-state index contributed by atoms with van der Waals surface area (Å²) in [5, 5.41) is 8.72. The Morgan fingerprint density at radius 1 is 1.00 bits per heavy atom. The van der Waals surface area contributed by atoms with Gasteiger partial charge < -0.3 is 15.3 Å². The number of hydrogen-bond acceptors (Lipinski definition) is 8. The molecule has 5 rings (SSSR count). The van der Waals surface area contributed by atoms with Crippen molar-refractivity contribution in [3.8, 4) is 11.5 Å². The van der Waals surface area contributed by atoms with Crippen molar-refractivity contribution in [1.29, 1.82) is 0 Å². The first-order valence-electron chi connectivity index (χ1n) is 9.30. The number of ether oxygens (including phenoxy) is 2. The molecule has 2 amide bonds. The fraction of sp³-hybridized carbons (Fsp3) is 0.200. The molecule has 30 heavy (non-hydrogen) atoms. The van der Waals surface area contributed by atoms with Gasteiger partial charge in [0, 0.05) is 12.3 Å². The van der Waals surface area contributed by atoms with Crippen LogP contribution in [-0.2, 0) is 0 Å². The number of fused-ring (bicyclic) bond motifs is 2. The van der Waals surface area contributed by atoms with Crippen LogP contribution in [0.25, 0.3) is 0 Å². The number of nitrogen functional groups attached to an aromatic ring is 1. The van der Waals surface area contributed by atoms with Crippen LogP contribution >= 0.6 is 11.8 Å². The predicted molar refractivity (Wildman–Crippen MR) is 108 cm³/mol. The number of imide groups is 1. The lowest BCUT2D eigenvalue weighted by molar-refractivity contribution is 0.0664. The van der Waals surface area contributed by atoms with Gasteiger partial charge in [0.15, 0.2) is 23.4 Å². The summed E-state index contributed by atoms with van der Waals surface area (Å²) in [6, 6.07) is 14.2. The van der Waals surface area contributed by atoms with Crippen molar-refractivity contribution in [2.45, 2.75) is 11.3 Å². The number of aromatic nitrogens is 3. The number of nitrogens with zero attached hydrogens (tertiary/aromatic N) is 4. The lowest BCUT2D eigenvalue weighted by atomic mass is 10.1. The van der Waals surface area contributed by atoms with Crippen molar-refractivity contribution in [1.82, 2.24) is 19.8 Å². The highest BCUT2D eigenvalue weighted by molar-refractivity contribution is 7.99. The second kappa shape index (κ2) is 7.38. The molecule has 10 heteroatoms. The summed E-state index contributed by atoms with van der Waals surface area (Å²) in [5.74, 6) is 7.77. The summed E-state index contributed by atoms with van der Waals surface area (Å²) in [7, 11) is 0. The van der Waals surface area contributed by atoms with E-state index >= 15 is 0 Å². The van der Waals surface area contributed by atoms with E-state index in [-0.39, 0.29) is 25.0 Å². The molecular weight excluding hydrogens is 406 g/mol. The lowest BCUT2D eigenvalue weighted by Gasteiger charge is -2.25. The maximum absolute atomic E-state index is 12.4. The molecule has 152 valence electrons. The summed E-state index contributed by atoms with van der Waals surface area (Å²) in [4.78, 5) is 26.1. The van der Waals surface area contributed by atoms with Crippen LogP contribution in [-0.4, -0.2) is 50.5 Å². The Bertz CT molecular complexity index is 1110. The van der Waals surface area contributed by atoms with E-state index in [9.17, 15) is 9.59 Å². The summed E-state index contributed by atoms with van der Waals surface area (Å²) < 4.78 is 13.0. The highest BCUT2D eigenvalue weighted by Gasteiger charge is 2.35. The first-order chi connectivity index (χ1) is 14.6. The van der Waals surface area contributed by atoms with E-state index in [2.05, 4.69) is 10.2 Å². The first kappa shape index (κ1) is 18.5. The molecule has 3 aromatic rings. The Labute approximate surface area is 175 Å². The monoisotopic (exact) mass is 423 g/mol. The summed E-state index contributed by atoms with van der Waals surface area (Å²) in [5.41, 5.74) is 0.873. The molecule has 2 aliphatic heterocycles. The minimum absolute atomic E-state index is 0.246. The maximum Gasteiger partial charge on any atom is 0.261 e. The highest BCUT2D eigenvalue weighted by atomic mass is 32.2. The van der Waals surface area contributed by atoms with Crippen molar-refractivity contribution in [2.24, 2.45) is 0 Å². The summed E-state index contributed by atoms with van der Waals surface area (Å²) in [6.45, 7) is 0.516. The molecule has 2 aliphatic rings. The smallest absolute Gasteiger partial charge is 0.261 e. The molecule has 0 fully saturated rings. The Morgan fingerprint density at radius 2 is 1.67 bits per heavy atom. The van der Waals surface area contributed by atoms with Crippen LogP contribution in [0.3, 0.4) is 0 Å². The van der Waals surface area contributed by atoms with E-state index in [0.29, 0.717) is 39.4 Å². The average Bonchev–Trinajstić information content (AvgIpc) is 3.26. The van der Waals surface area contributed by atoms with Gasteiger partial charge in [0.2, 0.25) is 5.16 Å². The number of benzene rings is 2. The fourth-order valence-corrected chi connectivity index (χ4v) is 4.21. The molecule has 9 nitrogen and oxygen atoms in total. The highest BCUT2D eigenvalue weighted by Crippen LogP contribution is 2.35. The van der Waals surface area contributed by atoms with Crippen molar-refractivity contribution >= 4 is 23.6 Å². The Hall–Kier alpha value is -3.53. The summed E-state index contributed by atoms with van der Waals surface area (Å²) in [6.07, 6.45) is -0.483. The third-order valence-corrected chi connectivity index (χ3v) is 5.83. The minimum atomic E-state index is -0.483. The number of rotatable bonds is 5. The molecule has 1 aromatic heterocycles. The number of hydrogen-bond donors (Lipinski definition) is 1. The molecule has 2 N–H and O–H groups in total. The summed E-state index contributed by atoms with van der Waals surface area (Å²) >= 11 is 1.31. The third-order valence-electron chi connectivity index (χ3n) is 4.91. The van der Waals surface area contributed by atoms with Gasteiger partial charge in [0.1, 0.15) is 6.61 Å². The number of nitrogens with two attached hydrogens (primary N) is 1. The maximum atomic E-state index is 12.4. The average molecular weight is 423 g/mol. The van der Waals surface area contributed by atoms with Gasteiger partial charge >= 0.3 is 0 Å². The molecule has 0 radical (unpaired) electrons. The second-order valence-electron chi connectivity index (χ2n) is 6.73.